The fourth-order valence-electron chi connectivity index (χ4n) is 4.03. The van der Waals surface area contributed by atoms with Crippen molar-refractivity contribution in [2.24, 2.45) is 5.10 Å². The molecule has 1 heterocycles. The minimum Gasteiger partial charge on any atom is -0.266 e. The van der Waals surface area contributed by atoms with E-state index in [2.05, 4.69) is 5.10 Å². The van der Waals surface area contributed by atoms with E-state index >= 15 is 0 Å². The third-order valence-electron chi connectivity index (χ3n) is 5.59. The maximum Gasteiger partial charge on any atom is 0.290 e. The highest BCUT2D eigenvalue weighted by atomic mass is 35.5. The second-order valence-corrected chi connectivity index (χ2v) is 8.16. The van der Waals surface area contributed by atoms with E-state index in [0.717, 1.165) is 27.8 Å². The van der Waals surface area contributed by atoms with Gasteiger partial charge in [-0.25, -0.2) is 0 Å². The molecule has 0 unspecified atom stereocenters. The highest BCUT2D eigenvalue weighted by Gasteiger charge is 2.24. The number of hydrogen-bond acceptors (Lipinski definition) is 2. The second-order valence-electron chi connectivity index (χ2n) is 7.78. The summed E-state index contributed by atoms with van der Waals surface area (Å²) in [4.78, 5) is 13.7. The van der Waals surface area contributed by atoms with Crippen LogP contribution in [-0.2, 0) is 0 Å². The first kappa shape index (κ1) is 21.6. The molecule has 0 bridgehead atoms. The van der Waals surface area contributed by atoms with Crippen molar-refractivity contribution in [1.82, 2.24) is 4.68 Å². The molecule has 5 rings (SSSR count). The second kappa shape index (κ2) is 9.74. The van der Waals surface area contributed by atoms with Crippen LogP contribution < -0.4 is 5.56 Å². The predicted octanol–water partition coefficient (Wildman–Crippen LogP) is 7.38. The summed E-state index contributed by atoms with van der Waals surface area (Å²) >= 11 is 6.82. The van der Waals surface area contributed by atoms with Crippen molar-refractivity contribution >= 4 is 17.8 Å². The number of aromatic nitrogens is 1. The van der Waals surface area contributed by atoms with Gasteiger partial charge >= 0.3 is 0 Å². The van der Waals surface area contributed by atoms with E-state index < -0.39 is 0 Å². The van der Waals surface area contributed by atoms with E-state index in [9.17, 15) is 4.79 Å². The molecule has 0 spiro atoms. The van der Waals surface area contributed by atoms with Crippen molar-refractivity contribution in [3.63, 3.8) is 0 Å². The van der Waals surface area contributed by atoms with Gasteiger partial charge in [0.25, 0.3) is 5.56 Å². The summed E-state index contributed by atoms with van der Waals surface area (Å²) in [5.41, 5.74) is 5.45. The van der Waals surface area contributed by atoms with E-state index in [1.165, 1.54) is 4.68 Å². The van der Waals surface area contributed by atoms with Gasteiger partial charge < -0.3 is 0 Å². The Balaban J connectivity index is 1.91. The lowest BCUT2D eigenvalue weighted by Crippen LogP contribution is -2.21. The molecule has 0 fully saturated rings. The summed E-state index contributed by atoms with van der Waals surface area (Å²) in [6.45, 7) is 0. The predicted molar refractivity (Wildman–Crippen MR) is 141 cm³/mol. The first-order valence-corrected chi connectivity index (χ1v) is 11.4. The molecule has 5 aromatic rings. The van der Waals surface area contributed by atoms with Gasteiger partial charge in [-0.3, -0.25) is 4.79 Å². The lowest BCUT2D eigenvalue weighted by molar-refractivity contribution is 0.845. The lowest BCUT2D eigenvalue weighted by Gasteiger charge is -2.20. The molecular weight excluding hydrogens is 440 g/mol. The standard InChI is InChI=1S/C30H21ClN2O/c31-28-26(23-15-7-2-8-16-23)27(24-17-9-3-10-18-24)29(25-19-11-4-12-20-25)33(30(28)34)32-21-22-13-5-1-6-14-22/h1-21H/b32-21+. The number of hydrogen-bond donors (Lipinski definition) is 0. The molecule has 0 saturated carbocycles. The quantitative estimate of drug-likeness (QED) is 0.252. The van der Waals surface area contributed by atoms with Crippen molar-refractivity contribution in [3.8, 4) is 33.5 Å². The van der Waals surface area contributed by atoms with Crippen molar-refractivity contribution in [1.29, 1.82) is 0 Å². The van der Waals surface area contributed by atoms with Gasteiger partial charge in [0.15, 0.2) is 0 Å². The Kier molecular flexibility index (Phi) is 6.19. The van der Waals surface area contributed by atoms with Crippen LogP contribution in [0.1, 0.15) is 5.56 Å². The van der Waals surface area contributed by atoms with E-state index in [1.54, 1.807) is 6.21 Å². The third kappa shape index (κ3) is 4.21. The molecule has 0 aliphatic rings. The lowest BCUT2D eigenvalue weighted by atomic mass is 9.91. The number of halogens is 1. The van der Waals surface area contributed by atoms with E-state index in [-0.39, 0.29) is 10.6 Å². The highest BCUT2D eigenvalue weighted by Crippen LogP contribution is 2.42. The minimum absolute atomic E-state index is 0.134. The number of nitrogens with zero attached hydrogens (tertiary/aromatic N) is 2. The van der Waals surface area contributed by atoms with Crippen LogP contribution in [0.25, 0.3) is 33.5 Å². The highest BCUT2D eigenvalue weighted by molar-refractivity contribution is 6.34. The number of pyridine rings is 1. The molecule has 0 aliphatic carbocycles. The average molecular weight is 461 g/mol. The minimum atomic E-state index is -0.369. The van der Waals surface area contributed by atoms with Crippen molar-refractivity contribution in [3.05, 3.63) is 142 Å². The van der Waals surface area contributed by atoms with Gasteiger partial charge in [-0.15, -0.1) is 0 Å². The van der Waals surface area contributed by atoms with Crippen molar-refractivity contribution in [2.75, 3.05) is 0 Å². The van der Waals surface area contributed by atoms with Crippen LogP contribution in [-0.4, -0.2) is 10.9 Å². The van der Waals surface area contributed by atoms with Crippen LogP contribution >= 0.6 is 11.6 Å². The van der Waals surface area contributed by atoms with Crippen LogP contribution in [0, 0.1) is 0 Å². The molecule has 0 amide bonds. The van der Waals surface area contributed by atoms with E-state index in [4.69, 9.17) is 11.6 Å². The first-order valence-electron chi connectivity index (χ1n) is 11.0. The first-order chi connectivity index (χ1) is 16.7. The van der Waals surface area contributed by atoms with Crippen LogP contribution in [0.15, 0.2) is 131 Å². The molecule has 0 atom stereocenters. The maximum absolute atomic E-state index is 13.7. The Morgan fingerprint density at radius 2 is 1.03 bits per heavy atom. The fraction of sp³-hybridized carbons (Fsp3) is 0. The van der Waals surface area contributed by atoms with Gasteiger partial charge in [-0.1, -0.05) is 133 Å². The molecule has 164 valence electrons. The van der Waals surface area contributed by atoms with Gasteiger partial charge in [0.2, 0.25) is 0 Å². The number of benzene rings is 4. The fourth-order valence-corrected chi connectivity index (χ4v) is 4.32. The molecule has 0 aliphatic heterocycles. The van der Waals surface area contributed by atoms with Crippen molar-refractivity contribution in [2.45, 2.75) is 0 Å². The Labute approximate surface area is 203 Å². The van der Waals surface area contributed by atoms with Crippen molar-refractivity contribution < 1.29 is 0 Å². The summed E-state index contributed by atoms with van der Waals surface area (Å²) in [7, 11) is 0. The van der Waals surface area contributed by atoms with Crippen LogP contribution in [0.4, 0.5) is 0 Å². The topological polar surface area (TPSA) is 34.4 Å². The Morgan fingerprint density at radius 3 is 1.56 bits per heavy atom. The SMILES string of the molecule is O=c1c(Cl)c(-c2ccccc2)c(-c2ccccc2)c(-c2ccccc2)n1/N=C/c1ccccc1. The van der Waals surface area contributed by atoms with Gasteiger partial charge in [0, 0.05) is 16.7 Å². The molecular formula is C30H21ClN2O. The Hall–Kier alpha value is -4.21. The maximum atomic E-state index is 13.7. The average Bonchev–Trinajstić information content (AvgIpc) is 2.91. The van der Waals surface area contributed by atoms with Gasteiger partial charge in [-0.05, 0) is 16.7 Å². The zero-order chi connectivity index (χ0) is 23.3. The molecule has 0 N–H and O–H groups in total. The molecule has 0 radical (unpaired) electrons. The summed E-state index contributed by atoms with van der Waals surface area (Å²) in [5, 5.41) is 4.76. The molecule has 3 nitrogen and oxygen atoms in total. The van der Waals surface area contributed by atoms with Crippen LogP contribution in [0.2, 0.25) is 5.02 Å². The van der Waals surface area contributed by atoms with Gasteiger partial charge in [0.05, 0.1) is 11.9 Å². The number of rotatable bonds is 5. The molecule has 4 heteroatoms. The Bertz CT molecular complexity index is 1490. The smallest absolute Gasteiger partial charge is 0.266 e. The molecule has 0 saturated heterocycles. The zero-order valence-electron chi connectivity index (χ0n) is 18.3. The summed E-state index contributed by atoms with van der Waals surface area (Å²) in [6.07, 6.45) is 1.68. The monoisotopic (exact) mass is 460 g/mol. The summed E-state index contributed by atoms with van der Waals surface area (Å²) in [6, 6.07) is 39.3. The summed E-state index contributed by atoms with van der Waals surface area (Å²) in [5.74, 6) is 0. The Morgan fingerprint density at radius 1 is 0.588 bits per heavy atom. The molecule has 34 heavy (non-hydrogen) atoms. The largest absolute Gasteiger partial charge is 0.290 e. The third-order valence-corrected chi connectivity index (χ3v) is 5.94. The molecule has 1 aromatic heterocycles. The zero-order valence-corrected chi connectivity index (χ0v) is 19.1. The van der Waals surface area contributed by atoms with Crippen LogP contribution in [0.5, 0.6) is 0 Å². The van der Waals surface area contributed by atoms with Crippen LogP contribution in [0.3, 0.4) is 0 Å². The van der Waals surface area contributed by atoms with E-state index in [0.29, 0.717) is 11.3 Å². The van der Waals surface area contributed by atoms with E-state index in [1.807, 2.05) is 121 Å². The summed E-state index contributed by atoms with van der Waals surface area (Å²) < 4.78 is 1.42. The van der Waals surface area contributed by atoms with Gasteiger partial charge in [-0.2, -0.15) is 9.78 Å². The molecule has 4 aromatic carbocycles. The van der Waals surface area contributed by atoms with Gasteiger partial charge in [0.1, 0.15) is 5.02 Å². The normalized spacial score (nSPS) is 11.1.